The Kier molecular flexibility index (Phi) is 4.06. The first-order chi connectivity index (χ1) is 8.24. The monoisotopic (exact) mass is 253 g/mol. The van der Waals surface area contributed by atoms with Crippen molar-refractivity contribution in [2.24, 2.45) is 5.41 Å². The molecule has 0 aliphatic heterocycles. The van der Waals surface area contributed by atoms with Crippen molar-refractivity contribution in [2.45, 2.75) is 20.8 Å². The molecule has 0 saturated carbocycles. The van der Waals surface area contributed by atoms with Crippen LogP contribution in [0.25, 0.3) is 0 Å². The van der Waals surface area contributed by atoms with E-state index in [-0.39, 0.29) is 12.1 Å². The number of carbonyl (C=O) groups is 2. The van der Waals surface area contributed by atoms with Crippen LogP contribution in [0.4, 0.5) is 4.39 Å². The smallest absolute Gasteiger partial charge is 0.310 e. The fraction of sp³-hybridized carbons (Fsp3) is 0.385. The summed E-state index contributed by atoms with van der Waals surface area (Å²) in [6, 6.07) is 3.91. The van der Waals surface area contributed by atoms with E-state index in [1.807, 2.05) is 0 Å². The predicted molar refractivity (Wildman–Crippen MR) is 64.9 cm³/mol. The zero-order chi connectivity index (χ0) is 13.9. The summed E-state index contributed by atoms with van der Waals surface area (Å²) in [5, 5.41) is 11.4. The van der Waals surface area contributed by atoms with E-state index in [4.69, 9.17) is 5.11 Å². The van der Waals surface area contributed by atoms with Gasteiger partial charge in [0, 0.05) is 12.1 Å². The van der Waals surface area contributed by atoms with Gasteiger partial charge in [-0.2, -0.15) is 0 Å². The number of benzene rings is 1. The van der Waals surface area contributed by atoms with Crippen molar-refractivity contribution in [1.29, 1.82) is 0 Å². The third-order valence-electron chi connectivity index (χ3n) is 2.71. The molecule has 1 amide bonds. The first-order valence-electron chi connectivity index (χ1n) is 5.52. The van der Waals surface area contributed by atoms with Crippen molar-refractivity contribution in [3.05, 3.63) is 35.1 Å². The van der Waals surface area contributed by atoms with Gasteiger partial charge in [-0.15, -0.1) is 0 Å². The molecule has 0 aliphatic rings. The van der Waals surface area contributed by atoms with Gasteiger partial charge >= 0.3 is 5.97 Å². The molecule has 0 aliphatic carbocycles. The first kappa shape index (κ1) is 14.2. The Hall–Kier alpha value is -1.91. The van der Waals surface area contributed by atoms with Crippen molar-refractivity contribution in [2.75, 3.05) is 6.54 Å². The number of carboxylic acid groups (broad SMARTS) is 1. The molecule has 98 valence electrons. The van der Waals surface area contributed by atoms with Gasteiger partial charge in [0.1, 0.15) is 5.82 Å². The Morgan fingerprint density at radius 3 is 2.56 bits per heavy atom. The minimum absolute atomic E-state index is 0.0167. The van der Waals surface area contributed by atoms with E-state index < -0.39 is 23.1 Å². The maximum Gasteiger partial charge on any atom is 0.310 e. The van der Waals surface area contributed by atoms with Gasteiger partial charge in [-0.05, 0) is 38.5 Å². The molecule has 0 fully saturated rings. The van der Waals surface area contributed by atoms with Crippen LogP contribution in [0, 0.1) is 18.2 Å². The Bertz CT molecular complexity index is 483. The molecule has 0 aromatic heterocycles. The Labute approximate surface area is 105 Å². The van der Waals surface area contributed by atoms with Gasteiger partial charge in [-0.1, -0.05) is 6.07 Å². The van der Waals surface area contributed by atoms with Gasteiger partial charge in [0.25, 0.3) is 5.91 Å². The summed E-state index contributed by atoms with van der Waals surface area (Å²) in [5.41, 5.74) is -0.199. The average molecular weight is 253 g/mol. The maximum absolute atomic E-state index is 13.0. The first-order valence-corrected chi connectivity index (χ1v) is 5.52. The highest BCUT2D eigenvalue weighted by Crippen LogP contribution is 2.15. The molecule has 1 aromatic rings. The van der Waals surface area contributed by atoms with Crippen molar-refractivity contribution < 1.29 is 19.1 Å². The largest absolute Gasteiger partial charge is 0.481 e. The number of carbonyl (C=O) groups excluding carboxylic acids is 1. The molecule has 0 atom stereocenters. The number of carboxylic acids is 1. The lowest BCUT2D eigenvalue weighted by molar-refractivity contribution is -0.146. The lowest BCUT2D eigenvalue weighted by Crippen LogP contribution is -2.39. The molecule has 0 bridgehead atoms. The number of nitrogens with one attached hydrogen (secondary N) is 1. The summed E-state index contributed by atoms with van der Waals surface area (Å²) >= 11 is 0. The third-order valence-corrected chi connectivity index (χ3v) is 2.71. The van der Waals surface area contributed by atoms with Crippen LogP contribution in [0.3, 0.4) is 0 Å². The number of aryl methyl sites for hydroxylation is 1. The molecule has 4 nitrogen and oxygen atoms in total. The van der Waals surface area contributed by atoms with E-state index in [1.165, 1.54) is 26.0 Å². The highest BCUT2D eigenvalue weighted by Gasteiger charge is 2.27. The number of aliphatic carboxylic acids is 1. The standard InChI is InChI=1S/C13H16FNO3/c1-8-4-5-9(14)6-10(8)11(16)15-7-13(2,3)12(17)18/h4-6H,7H2,1-3H3,(H,15,16)(H,17,18). The van der Waals surface area contributed by atoms with E-state index in [1.54, 1.807) is 6.92 Å². The number of rotatable bonds is 4. The lowest BCUT2D eigenvalue weighted by atomic mass is 9.93. The fourth-order valence-corrected chi connectivity index (χ4v) is 1.31. The van der Waals surface area contributed by atoms with Crippen LogP contribution in [0.1, 0.15) is 29.8 Å². The van der Waals surface area contributed by atoms with Gasteiger partial charge in [0.05, 0.1) is 5.41 Å². The highest BCUT2D eigenvalue weighted by molar-refractivity contribution is 5.95. The molecule has 0 unspecified atom stereocenters. The van der Waals surface area contributed by atoms with E-state index in [0.29, 0.717) is 5.56 Å². The van der Waals surface area contributed by atoms with Gasteiger partial charge in [-0.3, -0.25) is 9.59 Å². The van der Waals surface area contributed by atoms with Gasteiger partial charge in [0.2, 0.25) is 0 Å². The minimum Gasteiger partial charge on any atom is -0.481 e. The second kappa shape index (κ2) is 5.16. The topological polar surface area (TPSA) is 66.4 Å². The van der Waals surface area contributed by atoms with E-state index in [0.717, 1.165) is 6.07 Å². The summed E-state index contributed by atoms with van der Waals surface area (Å²) in [7, 11) is 0. The van der Waals surface area contributed by atoms with Crippen LogP contribution >= 0.6 is 0 Å². The molecule has 1 aromatic carbocycles. The van der Waals surface area contributed by atoms with Crippen LogP contribution in [-0.4, -0.2) is 23.5 Å². The third kappa shape index (κ3) is 3.29. The molecule has 1 rings (SSSR count). The number of hydrogen-bond acceptors (Lipinski definition) is 2. The Balaban J connectivity index is 2.78. The van der Waals surface area contributed by atoms with Crippen molar-refractivity contribution in [1.82, 2.24) is 5.32 Å². The zero-order valence-corrected chi connectivity index (χ0v) is 10.6. The van der Waals surface area contributed by atoms with Crippen LogP contribution in [0.15, 0.2) is 18.2 Å². The van der Waals surface area contributed by atoms with Crippen molar-refractivity contribution in [3.8, 4) is 0 Å². The second-order valence-electron chi connectivity index (χ2n) is 4.83. The quantitative estimate of drug-likeness (QED) is 0.862. The molecule has 18 heavy (non-hydrogen) atoms. The summed E-state index contributed by atoms with van der Waals surface area (Å²) < 4.78 is 13.0. The van der Waals surface area contributed by atoms with E-state index >= 15 is 0 Å². The maximum atomic E-state index is 13.0. The van der Waals surface area contributed by atoms with Crippen LogP contribution in [0.5, 0.6) is 0 Å². The molecule has 0 saturated heterocycles. The highest BCUT2D eigenvalue weighted by atomic mass is 19.1. The number of amides is 1. The van der Waals surface area contributed by atoms with Crippen LogP contribution in [-0.2, 0) is 4.79 Å². The minimum atomic E-state index is -1.06. The van der Waals surface area contributed by atoms with Gasteiger partial charge < -0.3 is 10.4 Å². The number of halogens is 1. The molecule has 2 N–H and O–H groups in total. The summed E-state index contributed by atoms with van der Waals surface area (Å²) in [4.78, 5) is 22.7. The SMILES string of the molecule is Cc1ccc(F)cc1C(=O)NCC(C)(C)C(=O)O. The van der Waals surface area contributed by atoms with Crippen LogP contribution < -0.4 is 5.32 Å². The molecule has 5 heteroatoms. The molecular formula is C13H16FNO3. The van der Waals surface area contributed by atoms with E-state index in [2.05, 4.69) is 5.32 Å². The second-order valence-corrected chi connectivity index (χ2v) is 4.83. The van der Waals surface area contributed by atoms with Crippen molar-refractivity contribution in [3.63, 3.8) is 0 Å². The molecule has 0 heterocycles. The van der Waals surface area contributed by atoms with Gasteiger partial charge in [-0.25, -0.2) is 4.39 Å². The summed E-state index contributed by atoms with van der Waals surface area (Å²) in [6.07, 6.45) is 0. The number of hydrogen-bond donors (Lipinski definition) is 2. The summed E-state index contributed by atoms with van der Waals surface area (Å²) in [5.74, 6) is -1.97. The predicted octanol–water partition coefficient (Wildman–Crippen LogP) is 1.97. The summed E-state index contributed by atoms with van der Waals surface area (Å²) in [6.45, 7) is 4.69. The Morgan fingerprint density at radius 1 is 1.39 bits per heavy atom. The average Bonchev–Trinajstić information content (AvgIpc) is 2.29. The molecule has 0 spiro atoms. The molecule has 0 radical (unpaired) electrons. The van der Waals surface area contributed by atoms with E-state index in [9.17, 15) is 14.0 Å². The van der Waals surface area contributed by atoms with Crippen molar-refractivity contribution >= 4 is 11.9 Å². The molecular weight excluding hydrogens is 237 g/mol. The normalized spacial score (nSPS) is 11.1. The lowest BCUT2D eigenvalue weighted by Gasteiger charge is -2.19. The fourth-order valence-electron chi connectivity index (χ4n) is 1.31. The van der Waals surface area contributed by atoms with Gasteiger partial charge in [0.15, 0.2) is 0 Å². The Morgan fingerprint density at radius 2 is 2.00 bits per heavy atom. The zero-order valence-electron chi connectivity index (χ0n) is 10.6. The van der Waals surface area contributed by atoms with Crippen LogP contribution in [0.2, 0.25) is 0 Å².